The maximum absolute atomic E-state index is 11.6. The molecule has 0 aromatic carbocycles. The summed E-state index contributed by atoms with van der Waals surface area (Å²) in [6.07, 6.45) is 0.570. The van der Waals surface area contributed by atoms with E-state index in [9.17, 15) is 8.42 Å². The Kier molecular flexibility index (Phi) is 5.05. The molecule has 0 saturated heterocycles. The van der Waals surface area contributed by atoms with Crippen LogP contribution in [0.2, 0.25) is 0 Å². The standard InChI is InChI=1S/C9H21NO3S/c1-5-9(4,7-11)10-14(12,13)6-8(2)3/h8,10-11H,5-7H2,1-4H3. The fourth-order valence-electron chi connectivity index (χ4n) is 1.07. The second kappa shape index (κ2) is 5.09. The van der Waals surface area contributed by atoms with Crippen LogP contribution in [0.3, 0.4) is 0 Å². The van der Waals surface area contributed by atoms with Gasteiger partial charge in [-0.25, -0.2) is 13.1 Å². The van der Waals surface area contributed by atoms with Gasteiger partial charge in [-0.05, 0) is 19.3 Å². The minimum absolute atomic E-state index is 0.0901. The number of rotatable bonds is 6. The molecule has 0 aliphatic carbocycles. The molecule has 0 aliphatic rings. The van der Waals surface area contributed by atoms with E-state index in [1.165, 1.54) is 0 Å². The van der Waals surface area contributed by atoms with Gasteiger partial charge in [0.05, 0.1) is 17.9 Å². The van der Waals surface area contributed by atoms with Gasteiger partial charge in [-0.1, -0.05) is 20.8 Å². The van der Waals surface area contributed by atoms with Crippen LogP contribution in [0, 0.1) is 5.92 Å². The monoisotopic (exact) mass is 223 g/mol. The molecule has 0 amide bonds. The van der Waals surface area contributed by atoms with E-state index < -0.39 is 15.6 Å². The molecule has 14 heavy (non-hydrogen) atoms. The maximum atomic E-state index is 11.6. The first-order valence-corrected chi connectivity index (χ1v) is 6.52. The summed E-state index contributed by atoms with van der Waals surface area (Å²) in [5.41, 5.74) is -0.728. The molecule has 1 atom stereocenters. The summed E-state index contributed by atoms with van der Waals surface area (Å²) in [7, 11) is -3.27. The predicted octanol–water partition coefficient (Wildman–Crippen LogP) is 0.723. The number of sulfonamides is 1. The number of aliphatic hydroxyl groups is 1. The first-order valence-electron chi connectivity index (χ1n) is 4.87. The summed E-state index contributed by atoms with van der Waals surface area (Å²) in [4.78, 5) is 0. The second-order valence-corrected chi connectivity index (χ2v) is 6.12. The SMILES string of the molecule is CCC(C)(CO)NS(=O)(=O)CC(C)C. The first-order chi connectivity index (χ1) is 6.24. The number of hydrogen-bond acceptors (Lipinski definition) is 3. The van der Waals surface area contributed by atoms with E-state index in [0.29, 0.717) is 6.42 Å². The average molecular weight is 223 g/mol. The van der Waals surface area contributed by atoms with Gasteiger partial charge in [-0.2, -0.15) is 0 Å². The minimum atomic E-state index is -3.27. The van der Waals surface area contributed by atoms with Gasteiger partial charge in [-0.3, -0.25) is 0 Å². The van der Waals surface area contributed by atoms with Crippen molar-refractivity contribution in [2.75, 3.05) is 12.4 Å². The Hall–Kier alpha value is -0.130. The molecule has 0 aromatic rings. The van der Waals surface area contributed by atoms with Crippen LogP contribution in [0.25, 0.3) is 0 Å². The van der Waals surface area contributed by atoms with E-state index in [-0.39, 0.29) is 18.3 Å². The van der Waals surface area contributed by atoms with Crippen molar-refractivity contribution in [2.24, 2.45) is 5.92 Å². The highest BCUT2D eigenvalue weighted by atomic mass is 32.2. The van der Waals surface area contributed by atoms with Crippen LogP contribution in [-0.4, -0.2) is 31.4 Å². The number of aliphatic hydroxyl groups excluding tert-OH is 1. The zero-order chi connectivity index (χ0) is 11.4. The highest BCUT2D eigenvalue weighted by Gasteiger charge is 2.27. The van der Waals surface area contributed by atoms with Gasteiger partial charge >= 0.3 is 0 Å². The molecular formula is C9H21NO3S. The molecule has 0 heterocycles. The summed E-state index contributed by atoms with van der Waals surface area (Å²) in [6, 6.07) is 0. The Morgan fingerprint density at radius 3 is 2.21 bits per heavy atom. The third-order valence-corrected chi connectivity index (χ3v) is 3.99. The highest BCUT2D eigenvalue weighted by molar-refractivity contribution is 7.89. The molecule has 86 valence electrons. The summed E-state index contributed by atoms with van der Waals surface area (Å²) in [6.45, 7) is 7.06. The Labute approximate surface area is 86.8 Å². The van der Waals surface area contributed by atoms with Crippen LogP contribution < -0.4 is 4.72 Å². The van der Waals surface area contributed by atoms with Crippen molar-refractivity contribution in [3.8, 4) is 0 Å². The normalized spacial score (nSPS) is 17.0. The Morgan fingerprint density at radius 1 is 1.43 bits per heavy atom. The van der Waals surface area contributed by atoms with Gasteiger partial charge in [-0.15, -0.1) is 0 Å². The highest BCUT2D eigenvalue weighted by Crippen LogP contribution is 2.11. The molecule has 0 radical (unpaired) electrons. The third-order valence-electron chi connectivity index (χ3n) is 2.08. The summed E-state index contributed by atoms with van der Waals surface area (Å²) >= 11 is 0. The van der Waals surface area contributed by atoms with Gasteiger partial charge in [0, 0.05) is 0 Å². The Bertz CT molecular complexity index is 255. The molecule has 4 nitrogen and oxygen atoms in total. The van der Waals surface area contributed by atoms with Gasteiger partial charge in [0.15, 0.2) is 0 Å². The smallest absolute Gasteiger partial charge is 0.212 e. The lowest BCUT2D eigenvalue weighted by Gasteiger charge is -2.27. The van der Waals surface area contributed by atoms with Crippen molar-refractivity contribution in [3.63, 3.8) is 0 Å². The van der Waals surface area contributed by atoms with E-state index >= 15 is 0 Å². The van der Waals surface area contributed by atoms with Crippen molar-refractivity contribution in [1.29, 1.82) is 0 Å². The topological polar surface area (TPSA) is 66.4 Å². The van der Waals surface area contributed by atoms with E-state index in [4.69, 9.17) is 5.11 Å². The molecule has 0 aliphatic heterocycles. The van der Waals surface area contributed by atoms with Crippen molar-refractivity contribution >= 4 is 10.0 Å². The van der Waals surface area contributed by atoms with Crippen LogP contribution >= 0.6 is 0 Å². The number of hydrogen-bond donors (Lipinski definition) is 2. The van der Waals surface area contributed by atoms with Crippen molar-refractivity contribution in [3.05, 3.63) is 0 Å². The van der Waals surface area contributed by atoms with Gasteiger partial charge in [0.25, 0.3) is 0 Å². The predicted molar refractivity (Wildman–Crippen MR) is 57.5 cm³/mol. The largest absolute Gasteiger partial charge is 0.394 e. The summed E-state index contributed by atoms with van der Waals surface area (Å²) < 4.78 is 25.6. The zero-order valence-electron chi connectivity index (χ0n) is 9.37. The Balaban J connectivity index is 4.49. The number of nitrogens with one attached hydrogen (secondary N) is 1. The molecule has 0 bridgehead atoms. The van der Waals surface area contributed by atoms with E-state index in [2.05, 4.69) is 4.72 Å². The maximum Gasteiger partial charge on any atom is 0.212 e. The van der Waals surface area contributed by atoms with Gasteiger partial charge < -0.3 is 5.11 Å². The van der Waals surface area contributed by atoms with Crippen LogP contribution in [-0.2, 0) is 10.0 Å². The average Bonchev–Trinajstić information content (AvgIpc) is 2.01. The van der Waals surface area contributed by atoms with E-state index in [0.717, 1.165) is 0 Å². The lowest BCUT2D eigenvalue weighted by molar-refractivity contribution is 0.191. The lowest BCUT2D eigenvalue weighted by Crippen LogP contribution is -2.49. The fraction of sp³-hybridized carbons (Fsp3) is 1.00. The molecule has 0 saturated carbocycles. The molecule has 0 fully saturated rings. The molecule has 5 heteroatoms. The second-order valence-electron chi connectivity index (χ2n) is 4.35. The van der Waals surface area contributed by atoms with E-state index in [1.807, 2.05) is 20.8 Å². The fourth-order valence-corrected chi connectivity index (χ4v) is 2.99. The minimum Gasteiger partial charge on any atom is -0.394 e. The molecule has 0 aromatic heterocycles. The van der Waals surface area contributed by atoms with Crippen LogP contribution in [0.4, 0.5) is 0 Å². The molecule has 1 unspecified atom stereocenters. The quantitative estimate of drug-likeness (QED) is 0.697. The lowest BCUT2D eigenvalue weighted by atomic mass is 10.0. The summed E-state index contributed by atoms with van der Waals surface area (Å²) in [5.74, 6) is 0.190. The molecule has 0 rings (SSSR count). The van der Waals surface area contributed by atoms with E-state index in [1.54, 1.807) is 6.92 Å². The van der Waals surface area contributed by atoms with Crippen molar-refractivity contribution < 1.29 is 13.5 Å². The molecule has 0 spiro atoms. The Morgan fingerprint density at radius 2 is 1.93 bits per heavy atom. The summed E-state index contributed by atoms with van der Waals surface area (Å²) in [5, 5.41) is 9.06. The molecular weight excluding hydrogens is 202 g/mol. The zero-order valence-corrected chi connectivity index (χ0v) is 10.2. The van der Waals surface area contributed by atoms with Crippen molar-refractivity contribution in [2.45, 2.75) is 39.7 Å². The van der Waals surface area contributed by atoms with Gasteiger partial charge in [0.1, 0.15) is 0 Å². The first kappa shape index (κ1) is 13.9. The van der Waals surface area contributed by atoms with Crippen LogP contribution in [0.5, 0.6) is 0 Å². The van der Waals surface area contributed by atoms with Crippen molar-refractivity contribution in [1.82, 2.24) is 4.72 Å². The third kappa shape index (κ3) is 4.93. The van der Waals surface area contributed by atoms with Crippen LogP contribution in [0.15, 0.2) is 0 Å². The van der Waals surface area contributed by atoms with Gasteiger partial charge in [0.2, 0.25) is 10.0 Å². The molecule has 2 N–H and O–H groups in total. The van der Waals surface area contributed by atoms with Crippen LogP contribution in [0.1, 0.15) is 34.1 Å².